The van der Waals surface area contributed by atoms with Crippen molar-refractivity contribution in [2.24, 2.45) is 5.73 Å². The first-order valence-corrected chi connectivity index (χ1v) is 6.17. The molecule has 2 unspecified atom stereocenters. The maximum Gasteiger partial charge on any atom is 0.0300 e. The molecule has 2 heterocycles. The minimum Gasteiger partial charge on any atom is -0.326 e. The molecule has 1 aromatic heterocycles. The molecule has 2 nitrogen and oxygen atoms in total. The van der Waals surface area contributed by atoms with Crippen LogP contribution in [0.3, 0.4) is 0 Å². The molecule has 3 heteroatoms. The molecule has 0 bridgehead atoms. The molecule has 14 heavy (non-hydrogen) atoms. The maximum absolute atomic E-state index is 6.16. The minimum atomic E-state index is 0.298. The molecule has 0 spiro atoms. The van der Waals surface area contributed by atoms with Gasteiger partial charge in [0.1, 0.15) is 0 Å². The predicted octanol–water partition coefficient (Wildman–Crippen LogP) is 1.85. The molecule has 2 rings (SSSR count). The number of aromatic nitrogens is 1. The average molecular weight is 208 g/mol. The summed E-state index contributed by atoms with van der Waals surface area (Å²) in [5.41, 5.74) is 7.42. The Labute approximate surface area is 89.3 Å². The highest BCUT2D eigenvalue weighted by atomic mass is 32.2. The SMILES string of the molecule is NC(Cc1cccnc1)C1CCCS1. The zero-order chi connectivity index (χ0) is 9.80. The van der Waals surface area contributed by atoms with Gasteiger partial charge in [-0.25, -0.2) is 0 Å². The molecule has 0 amide bonds. The van der Waals surface area contributed by atoms with Crippen LogP contribution in [0, 0.1) is 0 Å². The zero-order valence-corrected chi connectivity index (χ0v) is 9.04. The van der Waals surface area contributed by atoms with Gasteiger partial charge in [0.05, 0.1) is 0 Å². The van der Waals surface area contributed by atoms with Crippen LogP contribution in [0.2, 0.25) is 0 Å². The average Bonchev–Trinajstić information content (AvgIpc) is 2.72. The largest absolute Gasteiger partial charge is 0.326 e. The predicted molar refractivity (Wildman–Crippen MR) is 61.4 cm³/mol. The molecule has 1 fully saturated rings. The van der Waals surface area contributed by atoms with Gasteiger partial charge in [0.2, 0.25) is 0 Å². The molecule has 0 aliphatic carbocycles. The van der Waals surface area contributed by atoms with E-state index in [9.17, 15) is 0 Å². The van der Waals surface area contributed by atoms with Crippen molar-refractivity contribution in [1.29, 1.82) is 0 Å². The van der Waals surface area contributed by atoms with Crippen molar-refractivity contribution in [3.8, 4) is 0 Å². The summed E-state index contributed by atoms with van der Waals surface area (Å²) in [5.74, 6) is 1.28. The minimum absolute atomic E-state index is 0.298. The van der Waals surface area contributed by atoms with E-state index in [0.29, 0.717) is 11.3 Å². The third kappa shape index (κ3) is 2.49. The van der Waals surface area contributed by atoms with E-state index in [2.05, 4.69) is 11.1 Å². The second-order valence-corrected chi connectivity index (χ2v) is 5.13. The molecule has 1 aromatic rings. The Bertz CT molecular complexity index is 270. The first kappa shape index (κ1) is 9.99. The molecule has 1 saturated heterocycles. The highest BCUT2D eigenvalue weighted by Gasteiger charge is 2.22. The van der Waals surface area contributed by atoms with Gasteiger partial charge in [-0.3, -0.25) is 4.98 Å². The molecular weight excluding hydrogens is 192 g/mol. The number of nitrogens with two attached hydrogens (primary N) is 1. The molecule has 76 valence electrons. The second kappa shape index (κ2) is 4.80. The molecular formula is C11H16N2S. The quantitative estimate of drug-likeness (QED) is 0.824. The van der Waals surface area contributed by atoms with Crippen LogP contribution < -0.4 is 5.73 Å². The van der Waals surface area contributed by atoms with E-state index in [-0.39, 0.29) is 0 Å². The normalized spacial score (nSPS) is 23.6. The fraction of sp³-hybridized carbons (Fsp3) is 0.545. The summed E-state index contributed by atoms with van der Waals surface area (Å²) < 4.78 is 0. The van der Waals surface area contributed by atoms with Crippen molar-refractivity contribution in [2.45, 2.75) is 30.6 Å². The Kier molecular flexibility index (Phi) is 3.43. The van der Waals surface area contributed by atoms with Gasteiger partial charge in [0.25, 0.3) is 0 Å². The van der Waals surface area contributed by atoms with Gasteiger partial charge in [-0.2, -0.15) is 11.8 Å². The third-order valence-corrected chi connectivity index (χ3v) is 4.17. The van der Waals surface area contributed by atoms with Crippen molar-refractivity contribution in [1.82, 2.24) is 4.98 Å². The Morgan fingerprint density at radius 2 is 2.57 bits per heavy atom. The van der Waals surface area contributed by atoms with Crippen molar-refractivity contribution < 1.29 is 0 Å². The summed E-state index contributed by atoms with van der Waals surface area (Å²) in [6, 6.07) is 4.38. The standard InChI is InChI=1S/C11H16N2S/c12-10(11-4-2-6-14-11)7-9-3-1-5-13-8-9/h1,3,5,8,10-11H,2,4,6-7,12H2. The van der Waals surface area contributed by atoms with E-state index in [1.807, 2.05) is 24.0 Å². The van der Waals surface area contributed by atoms with Gasteiger partial charge < -0.3 is 5.73 Å². The van der Waals surface area contributed by atoms with E-state index in [1.54, 1.807) is 6.20 Å². The smallest absolute Gasteiger partial charge is 0.0300 e. The lowest BCUT2D eigenvalue weighted by Crippen LogP contribution is -2.33. The fourth-order valence-corrected chi connectivity index (χ4v) is 3.18. The third-order valence-electron chi connectivity index (χ3n) is 2.64. The highest BCUT2D eigenvalue weighted by molar-refractivity contribution is 8.00. The van der Waals surface area contributed by atoms with Crippen LogP contribution >= 0.6 is 11.8 Å². The Hall–Kier alpha value is -0.540. The van der Waals surface area contributed by atoms with Gasteiger partial charge in [-0.05, 0) is 36.6 Å². The summed E-state index contributed by atoms with van der Waals surface area (Å²) in [6.45, 7) is 0. The first-order chi connectivity index (χ1) is 6.86. The molecule has 0 aromatic carbocycles. The summed E-state index contributed by atoms with van der Waals surface area (Å²) in [6.07, 6.45) is 7.30. The van der Waals surface area contributed by atoms with Crippen LogP contribution in [0.25, 0.3) is 0 Å². The Morgan fingerprint density at radius 1 is 1.64 bits per heavy atom. The molecule has 0 saturated carbocycles. The van der Waals surface area contributed by atoms with Crippen LogP contribution in [0.1, 0.15) is 18.4 Å². The number of thioether (sulfide) groups is 1. The first-order valence-electron chi connectivity index (χ1n) is 5.12. The topological polar surface area (TPSA) is 38.9 Å². The number of nitrogens with zero attached hydrogens (tertiary/aromatic N) is 1. The summed E-state index contributed by atoms with van der Waals surface area (Å²) >= 11 is 2.02. The van der Waals surface area contributed by atoms with Gasteiger partial charge in [0.15, 0.2) is 0 Å². The summed E-state index contributed by atoms with van der Waals surface area (Å²) in [4.78, 5) is 4.10. The van der Waals surface area contributed by atoms with E-state index in [4.69, 9.17) is 5.73 Å². The number of pyridine rings is 1. The molecule has 1 aliphatic heterocycles. The highest BCUT2D eigenvalue weighted by Crippen LogP contribution is 2.28. The van der Waals surface area contributed by atoms with Gasteiger partial charge in [-0.15, -0.1) is 0 Å². The fourth-order valence-electron chi connectivity index (χ4n) is 1.86. The zero-order valence-electron chi connectivity index (χ0n) is 8.23. The van der Waals surface area contributed by atoms with E-state index in [1.165, 1.54) is 24.2 Å². The van der Waals surface area contributed by atoms with E-state index in [0.717, 1.165) is 6.42 Å². The number of rotatable bonds is 3. The summed E-state index contributed by atoms with van der Waals surface area (Å²) in [5, 5.41) is 0.662. The molecule has 1 aliphatic rings. The second-order valence-electron chi connectivity index (χ2n) is 3.78. The van der Waals surface area contributed by atoms with E-state index < -0.39 is 0 Å². The summed E-state index contributed by atoms with van der Waals surface area (Å²) in [7, 11) is 0. The van der Waals surface area contributed by atoms with Crippen molar-refractivity contribution in [2.75, 3.05) is 5.75 Å². The van der Waals surface area contributed by atoms with Gasteiger partial charge in [-0.1, -0.05) is 6.07 Å². The van der Waals surface area contributed by atoms with E-state index >= 15 is 0 Å². The van der Waals surface area contributed by atoms with Gasteiger partial charge in [0, 0.05) is 23.7 Å². The lowest BCUT2D eigenvalue weighted by Gasteiger charge is -2.17. The van der Waals surface area contributed by atoms with Crippen molar-refractivity contribution in [3.05, 3.63) is 30.1 Å². The molecule has 2 N–H and O–H groups in total. The van der Waals surface area contributed by atoms with Gasteiger partial charge >= 0.3 is 0 Å². The number of hydrogen-bond donors (Lipinski definition) is 1. The molecule has 2 atom stereocenters. The van der Waals surface area contributed by atoms with Crippen molar-refractivity contribution in [3.63, 3.8) is 0 Å². The van der Waals surface area contributed by atoms with Crippen LogP contribution in [0.15, 0.2) is 24.5 Å². The van der Waals surface area contributed by atoms with Crippen LogP contribution in [-0.4, -0.2) is 22.0 Å². The lowest BCUT2D eigenvalue weighted by molar-refractivity contribution is 0.608. The lowest BCUT2D eigenvalue weighted by atomic mass is 10.0. The van der Waals surface area contributed by atoms with Crippen LogP contribution in [0.5, 0.6) is 0 Å². The van der Waals surface area contributed by atoms with Crippen LogP contribution in [0.4, 0.5) is 0 Å². The molecule has 0 radical (unpaired) electrons. The Morgan fingerprint density at radius 3 is 3.21 bits per heavy atom. The Balaban J connectivity index is 1.90. The van der Waals surface area contributed by atoms with Crippen molar-refractivity contribution >= 4 is 11.8 Å². The maximum atomic E-state index is 6.16. The van der Waals surface area contributed by atoms with Crippen LogP contribution in [-0.2, 0) is 6.42 Å². The number of hydrogen-bond acceptors (Lipinski definition) is 3. The monoisotopic (exact) mass is 208 g/mol.